The number of likely N-dealkylation sites (tertiary alicyclic amines) is 1. The van der Waals surface area contributed by atoms with Crippen LogP contribution in [0.2, 0.25) is 0 Å². The summed E-state index contributed by atoms with van der Waals surface area (Å²) in [6.07, 6.45) is 3.05. The van der Waals surface area contributed by atoms with Crippen LogP contribution in [-0.4, -0.2) is 61.2 Å². The number of nitrogens with zero attached hydrogens (tertiary/aromatic N) is 1. The molecule has 3 aliphatic rings. The van der Waals surface area contributed by atoms with Crippen molar-refractivity contribution in [3.8, 4) is 11.5 Å². The van der Waals surface area contributed by atoms with Gasteiger partial charge in [-0.1, -0.05) is 0 Å². The molecular weight excluding hydrogens is 306 g/mol. The molecule has 2 fully saturated rings. The summed E-state index contributed by atoms with van der Waals surface area (Å²) in [5, 5.41) is 20.8. The van der Waals surface area contributed by atoms with Gasteiger partial charge in [0.2, 0.25) is 0 Å². The molecule has 1 saturated heterocycles. The Bertz CT molecular complexity index is 648. The molecule has 2 bridgehead atoms. The second-order valence-corrected chi connectivity index (χ2v) is 7.73. The van der Waals surface area contributed by atoms with Crippen molar-refractivity contribution in [2.45, 2.75) is 49.3 Å². The zero-order valence-corrected chi connectivity index (χ0v) is 14.7. The maximum Gasteiger partial charge on any atom is 0.160 e. The SMILES string of the molecule is COc1cc2c(cc1O)CC1C3CC(O)C(OC)CC23CCN1C. The maximum atomic E-state index is 10.5. The van der Waals surface area contributed by atoms with Crippen LogP contribution in [0.3, 0.4) is 0 Å². The van der Waals surface area contributed by atoms with Crippen molar-refractivity contribution >= 4 is 0 Å². The van der Waals surface area contributed by atoms with Crippen molar-refractivity contribution in [1.29, 1.82) is 0 Å². The topological polar surface area (TPSA) is 62.2 Å². The Hall–Kier alpha value is -1.30. The summed E-state index contributed by atoms with van der Waals surface area (Å²) in [5.74, 6) is 1.17. The molecule has 5 nitrogen and oxygen atoms in total. The van der Waals surface area contributed by atoms with Gasteiger partial charge in [-0.3, -0.25) is 0 Å². The number of methoxy groups -OCH3 is 2. The van der Waals surface area contributed by atoms with Gasteiger partial charge in [0.15, 0.2) is 11.5 Å². The van der Waals surface area contributed by atoms with Crippen molar-refractivity contribution in [1.82, 2.24) is 4.90 Å². The van der Waals surface area contributed by atoms with Crippen LogP contribution in [-0.2, 0) is 16.6 Å². The molecule has 0 amide bonds. The molecule has 2 aliphatic carbocycles. The van der Waals surface area contributed by atoms with E-state index in [0.717, 1.165) is 32.2 Å². The number of phenolic OH excluding ortho intramolecular Hbond substituents is 1. The Balaban J connectivity index is 1.88. The van der Waals surface area contributed by atoms with E-state index in [0.29, 0.717) is 17.7 Å². The Morgan fingerprint density at radius 1 is 1.29 bits per heavy atom. The number of hydrogen-bond donors (Lipinski definition) is 2. The smallest absolute Gasteiger partial charge is 0.160 e. The van der Waals surface area contributed by atoms with Gasteiger partial charge >= 0.3 is 0 Å². The molecule has 2 N–H and O–H groups in total. The second kappa shape index (κ2) is 5.61. The highest BCUT2D eigenvalue weighted by atomic mass is 16.5. The van der Waals surface area contributed by atoms with Gasteiger partial charge in [-0.2, -0.15) is 0 Å². The first-order chi connectivity index (χ1) is 11.5. The first kappa shape index (κ1) is 16.2. The predicted octanol–water partition coefficient (Wildman–Crippen LogP) is 1.68. The molecule has 4 rings (SSSR count). The highest BCUT2D eigenvalue weighted by molar-refractivity contribution is 5.52. The number of aliphatic hydroxyl groups excluding tert-OH is 1. The fourth-order valence-electron chi connectivity index (χ4n) is 5.56. The van der Waals surface area contributed by atoms with Gasteiger partial charge in [0, 0.05) is 18.6 Å². The number of hydrogen-bond acceptors (Lipinski definition) is 5. The van der Waals surface area contributed by atoms with E-state index in [1.54, 1.807) is 14.2 Å². The summed E-state index contributed by atoms with van der Waals surface area (Å²) in [5.41, 5.74) is 2.51. The van der Waals surface area contributed by atoms with Crippen LogP contribution < -0.4 is 4.74 Å². The average Bonchev–Trinajstić information content (AvgIpc) is 2.57. The van der Waals surface area contributed by atoms with Gasteiger partial charge in [-0.15, -0.1) is 0 Å². The van der Waals surface area contributed by atoms with E-state index in [-0.39, 0.29) is 17.3 Å². The molecule has 5 unspecified atom stereocenters. The van der Waals surface area contributed by atoms with E-state index in [2.05, 4.69) is 11.9 Å². The number of likely N-dealkylation sites (N-methyl/N-ethyl adjacent to an activating group) is 1. The van der Waals surface area contributed by atoms with E-state index in [4.69, 9.17) is 9.47 Å². The van der Waals surface area contributed by atoms with Crippen molar-refractivity contribution < 1.29 is 19.7 Å². The van der Waals surface area contributed by atoms with Gasteiger partial charge in [0.1, 0.15) is 0 Å². The number of fused-ring (bicyclic) bond motifs is 1. The normalized spacial score (nSPS) is 38.3. The molecule has 5 heteroatoms. The van der Waals surface area contributed by atoms with Crippen LogP contribution in [0.25, 0.3) is 0 Å². The van der Waals surface area contributed by atoms with Crippen LogP contribution in [0.4, 0.5) is 0 Å². The van der Waals surface area contributed by atoms with Gasteiger partial charge in [0.05, 0.1) is 19.3 Å². The van der Waals surface area contributed by atoms with Crippen molar-refractivity contribution in [3.63, 3.8) is 0 Å². The van der Waals surface area contributed by atoms with Crippen molar-refractivity contribution in [3.05, 3.63) is 23.3 Å². The summed E-state index contributed by atoms with van der Waals surface area (Å²) in [7, 11) is 5.47. The molecule has 0 spiro atoms. The third-order valence-electron chi connectivity index (χ3n) is 6.81. The van der Waals surface area contributed by atoms with Crippen molar-refractivity contribution in [2.75, 3.05) is 27.8 Å². The highest BCUT2D eigenvalue weighted by Gasteiger charge is 2.57. The number of benzene rings is 1. The Labute approximate surface area is 143 Å². The third kappa shape index (κ3) is 2.11. The lowest BCUT2D eigenvalue weighted by atomic mass is 9.51. The highest BCUT2D eigenvalue weighted by Crippen LogP contribution is 2.57. The largest absolute Gasteiger partial charge is 0.504 e. The molecule has 0 aromatic heterocycles. The van der Waals surface area contributed by atoms with E-state index < -0.39 is 6.10 Å². The molecule has 1 aromatic carbocycles. The molecular formula is C19H27NO4. The van der Waals surface area contributed by atoms with E-state index >= 15 is 0 Å². The molecule has 1 aliphatic heterocycles. The zero-order chi connectivity index (χ0) is 17.1. The molecule has 0 radical (unpaired) electrons. The minimum Gasteiger partial charge on any atom is -0.504 e. The van der Waals surface area contributed by atoms with Gasteiger partial charge < -0.3 is 24.6 Å². The van der Waals surface area contributed by atoms with Gasteiger partial charge in [-0.25, -0.2) is 0 Å². The monoisotopic (exact) mass is 333 g/mol. The molecule has 5 atom stereocenters. The zero-order valence-electron chi connectivity index (χ0n) is 14.7. The number of aromatic hydroxyl groups is 1. The fraction of sp³-hybridized carbons (Fsp3) is 0.684. The maximum absolute atomic E-state index is 10.5. The average molecular weight is 333 g/mol. The van der Waals surface area contributed by atoms with Crippen LogP contribution in [0.5, 0.6) is 11.5 Å². The standard InChI is InChI=1S/C19H27NO4/c1-20-5-4-19-10-18(24-3)16(22)8-13(19)14(20)6-11-7-15(21)17(23-2)9-12(11)19/h7,9,13-14,16,18,21-22H,4-6,8,10H2,1-3H3. The van der Waals surface area contributed by atoms with E-state index in [1.807, 2.05) is 12.1 Å². The summed E-state index contributed by atoms with van der Waals surface area (Å²) in [6.45, 7) is 1.05. The number of piperidine rings is 1. The predicted molar refractivity (Wildman–Crippen MR) is 90.6 cm³/mol. The molecule has 1 saturated carbocycles. The molecule has 132 valence electrons. The Morgan fingerprint density at radius 2 is 2.08 bits per heavy atom. The van der Waals surface area contributed by atoms with Crippen LogP contribution >= 0.6 is 0 Å². The van der Waals surface area contributed by atoms with Crippen LogP contribution in [0, 0.1) is 5.92 Å². The summed E-state index contributed by atoms with van der Waals surface area (Å²) >= 11 is 0. The van der Waals surface area contributed by atoms with Crippen molar-refractivity contribution in [2.24, 2.45) is 5.92 Å². The summed E-state index contributed by atoms with van der Waals surface area (Å²) in [4.78, 5) is 2.42. The Kier molecular flexibility index (Phi) is 3.79. The lowest BCUT2D eigenvalue weighted by Gasteiger charge is -2.60. The number of rotatable bonds is 2. The Morgan fingerprint density at radius 3 is 2.79 bits per heavy atom. The lowest BCUT2D eigenvalue weighted by Crippen LogP contribution is -2.63. The van der Waals surface area contributed by atoms with Gasteiger partial charge in [0.25, 0.3) is 0 Å². The number of ether oxygens (including phenoxy) is 2. The second-order valence-electron chi connectivity index (χ2n) is 7.73. The first-order valence-corrected chi connectivity index (χ1v) is 8.81. The first-order valence-electron chi connectivity index (χ1n) is 8.81. The van der Waals surface area contributed by atoms with Crippen LogP contribution in [0.1, 0.15) is 30.4 Å². The molecule has 1 heterocycles. The molecule has 24 heavy (non-hydrogen) atoms. The summed E-state index contributed by atoms with van der Waals surface area (Å²) < 4.78 is 11.0. The summed E-state index contributed by atoms with van der Waals surface area (Å²) in [6, 6.07) is 4.32. The minimum absolute atomic E-state index is 0.00560. The number of aliphatic hydroxyl groups is 1. The quantitative estimate of drug-likeness (QED) is 0.862. The van der Waals surface area contributed by atoms with Crippen LogP contribution in [0.15, 0.2) is 12.1 Å². The third-order valence-corrected chi connectivity index (χ3v) is 6.81. The van der Waals surface area contributed by atoms with E-state index in [1.165, 1.54) is 11.1 Å². The van der Waals surface area contributed by atoms with E-state index in [9.17, 15) is 10.2 Å². The fourth-order valence-corrected chi connectivity index (χ4v) is 5.56. The molecule has 1 aromatic rings. The lowest BCUT2D eigenvalue weighted by molar-refractivity contribution is -0.114. The number of phenols is 1. The van der Waals surface area contributed by atoms with Gasteiger partial charge in [-0.05, 0) is 68.5 Å². The minimum atomic E-state index is -0.400.